The fraction of sp³-hybridized carbons (Fsp3) is 0.346. The van der Waals surface area contributed by atoms with Crippen LogP contribution in [0.3, 0.4) is 0 Å². The molecule has 4 aromatic rings. The molecule has 23 nitrogen and oxygen atoms in total. The van der Waals surface area contributed by atoms with Crippen LogP contribution in [0.25, 0.3) is 0 Å². The number of esters is 1. The molecule has 0 fully saturated rings. The molecule has 23 heteroatoms. The first-order valence-electron chi connectivity index (χ1n) is 23.6. The van der Waals surface area contributed by atoms with Crippen molar-refractivity contribution in [2.45, 2.75) is 90.2 Å². The number of rotatable bonds is 26. The van der Waals surface area contributed by atoms with E-state index in [1.807, 2.05) is 0 Å². The van der Waals surface area contributed by atoms with Crippen LogP contribution in [0.5, 0.6) is 0 Å². The molecule has 0 unspecified atom stereocenters. The first-order chi connectivity index (χ1) is 35.9. The number of guanidine groups is 1. The SMILES string of the molecule is CC(C)(C)OC(=O)NCC(=O)N[C@@H](CCCN=C(N)N(C(=O)OCc1ccccc1)C(=O)OCc1ccccc1)C(=O)NCC(=O)N[C@@H](CC(=O)OCc1ccccc1)C(=O)N[C@@H](COCc1ccccc1)C(=O)O. The lowest BCUT2D eigenvalue weighted by atomic mass is 10.1. The molecule has 0 aliphatic heterocycles. The van der Waals surface area contributed by atoms with E-state index >= 15 is 0 Å². The maximum absolute atomic E-state index is 13.7. The third kappa shape index (κ3) is 23.1. The van der Waals surface area contributed by atoms with Crippen molar-refractivity contribution in [1.82, 2.24) is 31.5 Å². The summed E-state index contributed by atoms with van der Waals surface area (Å²) in [6.07, 6.45) is -4.33. The van der Waals surface area contributed by atoms with Gasteiger partial charge in [-0.1, -0.05) is 121 Å². The summed E-state index contributed by atoms with van der Waals surface area (Å²) in [5.74, 6) is -6.91. The van der Waals surface area contributed by atoms with E-state index in [9.17, 15) is 48.3 Å². The van der Waals surface area contributed by atoms with E-state index in [0.29, 0.717) is 21.6 Å². The lowest BCUT2D eigenvalue weighted by Crippen LogP contribution is -2.55. The predicted octanol–water partition coefficient (Wildman–Crippen LogP) is 3.59. The number of carboxylic acid groups (broad SMARTS) is 1. The number of imide groups is 1. The highest BCUT2D eigenvalue weighted by molar-refractivity contribution is 6.07. The van der Waals surface area contributed by atoms with Crippen molar-refractivity contribution in [2.24, 2.45) is 10.7 Å². The van der Waals surface area contributed by atoms with Gasteiger partial charge >= 0.3 is 30.2 Å². The van der Waals surface area contributed by atoms with Gasteiger partial charge < -0.3 is 61.1 Å². The zero-order valence-corrected chi connectivity index (χ0v) is 41.7. The zero-order valence-electron chi connectivity index (χ0n) is 41.7. The standard InChI is InChI=1S/C52H62N8O15/c1-52(2,3)75-49(68)56-29-43(62)57-39(25-16-26-54-48(53)60(50(69)73-32-37-21-12-6-13-22-37)51(70)74-33-38-23-14-7-15-24-38)45(64)55-28-42(61)58-40(27-44(63)72-31-36-19-10-5-11-20-36)46(65)59-41(47(66)67)34-71-30-35-17-8-4-9-18-35/h4-15,17-24,39-41H,16,25-34H2,1-3H3,(H2,53,54)(H,55,64)(H,56,68)(H,57,62)(H,58,61)(H,59,65)(H,66,67)/t39-,40-,41-/m0/s1. The molecule has 0 spiro atoms. The highest BCUT2D eigenvalue weighted by atomic mass is 16.6. The lowest BCUT2D eigenvalue weighted by molar-refractivity contribution is -0.148. The van der Waals surface area contributed by atoms with Crippen LogP contribution in [0.15, 0.2) is 126 Å². The number of carboxylic acids is 1. The Labute approximate surface area is 432 Å². The van der Waals surface area contributed by atoms with Gasteiger partial charge in [-0.25, -0.2) is 19.2 Å². The molecular formula is C52H62N8O15. The quantitative estimate of drug-likeness (QED) is 0.0155. The maximum atomic E-state index is 13.7. The Morgan fingerprint density at radius 2 is 1.04 bits per heavy atom. The third-order valence-corrected chi connectivity index (χ3v) is 10.1. The van der Waals surface area contributed by atoms with Crippen LogP contribution in [0, 0.1) is 0 Å². The second-order valence-electron chi connectivity index (χ2n) is 17.4. The van der Waals surface area contributed by atoms with E-state index in [4.69, 9.17) is 29.4 Å². The van der Waals surface area contributed by atoms with Crippen molar-refractivity contribution in [3.8, 4) is 0 Å². The molecule has 0 saturated carbocycles. The van der Waals surface area contributed by atoms with E-state index in [1.54, 1.807) is 142 Å². The molecule has 7 amide bonds. The van der Waals surface area contributed by atoms with Crippen LogP contribution in [0.2, 0.25) is 0 Å². The first kappa shape index (κ1) is 58.7. The summed E-state index contributed by atoms with van der Waals surface area (Å²) in [4.78, 5) is 122. The number of aliphatic imine (C=N–C) groups is 1. The summed E-state index contributed by atoms with van der Waals surface area (Å²) in [7, 11) is 0. The van der Waals surface area contributed by atoms with Gasteiger partial charge in [0.25, 0.3) is 0 Å². The van der Waals surface area contributed by atoms with Gasteiger partial charge in [0.05, 0.1) is 26.2 Å². The monoisotopic (exact) mass is 1040 g/mol. The molecule has 0 saturated heterocycles. The Balaban J connectivity index is 1.46. The predicted molar refractivity (Wildman–Crippen MR) is 268 cm³/mol. The fourth-order valence-corrected chi connectivity index (χ4v) is 6.39. The van der Waals surface area contributed by atoms with Crippen LogP contribution < -0.4 is 32.3 Å². The summed E-state index contributed by atoms with van der Waals surface area (Å²) < 4.78 is 26.7. The molecule has 400 valence electrons. The number of hydrogen-bond acceptors (Lipinski definition) is 15. The average Bonchev–Trinajstić information content (AvgIpc) is 3.38. The highest BCUT2D eigenvalue weighted by Gasteiger charge is 2.31. The molecule has 4 rings (SSSR count). The van der Waals surface area contributed by atoms with E-state index in [2.05, 4.69) is 31.6 Å². The van der Waals surface area contributed by atoms with Crippen molar-refractivity contribution in [2.75, 3.05) is 26.2 Å². The number of carbonyl (C=O) groups is 9. The van der Waals surface area contributed by atoms with Gasteiger partial charge in [-0.15, -0.1) is 4.90 Å². The highest BCUT2D eigenvalue weighted by Crippen LogP contribution is 2.11. The smallest absolute Gasteiger partial charge is 0.426 e. The van der Waals surface area contributed by atoms with Gasteiger partial charge in [0, 0.05) is 6.54 Å². The molecule has 3 atom stereocenters. The summed E-state index contributed by atoms with van der Waals surface area (Å²) >= 11 is 0. The van der Waals surface area contributed by atoms with Gasteiger partial charge in [0.1, 0.15) is 44.1 Å². The van der Waals surface area contributed by atoms with E-state index in [0.717, 1.165) is 5.56 Å². The molecule has 0 aromatic heterocycles. The van der Waals surface area contributed by atoms with Gasteiger partial charge in [0.2, 0.25) is 29.6 Å². The Hall–Kier alpha value is -8.86. The normalized spacial score (nSPS) is 12.3. The molecule has 8 N–H and O–H groups in total. The van der Waals surface area contributed by atoms with Crippen LogP contribution >= 0.6 is 0 Å². The Morgan fingerprint density at radius 1 is 0.587 bits per heavy atom. The molecule has 75 heavy (non-hydrogen) atoms. The summed E-state index contributed by atoms with van der Waals surface area (Å²) in [5.41, 5.74) is 7.85. The first-order valence-corrected chi connectivity index (χ1v) is 23.6. The molecule has 0 bridgehead atoms. The second kappa shape index (κ2) is 30.9. The number of ether oxygens (including phenoxy) is 5. The number of nitrogens with one attached hydrogen (secondary N) is 5. The van der Waals surface area contributed by atoms with Crippen LogP contribution in [0.4, 0.5) is 14.4 Å². The minimum Gasteiger partial charge on any atom is -0.480 e. The maximum Gasteiger partial charge on any atom is 0.426 e. The van der Waals surface area contributed by atoms with E-state index in [1.165, 1.54) is 0 Å². The van der Waals surface area contributed by atoms with Crippen molar-refractivity contribution in [3.63, 3.8) is 0 Å². The number of alkyl carbamates (subject to hydrolysis) is 1. The van der Waals surface area contributed by atoms with Crippen LogP contribution in [0.1, 0.15) is 62.3 Å². The van der Waals surface area contributed by atoms with E-state index < -0.39 is 110 Å². The van der Waals surface area contributed by atoms with Crippen molar-refractivity contribution in [1.29, 1.82) is 0 Å². The topological polar surface area (TPSA) is 322 Å². The number of hydrogen-bond donors (Lipinski definition) is 7. The molecule has 0 aliphatic rings. The molecule has 0 heterocycles. The number of nitrogens with zero attached hydrogens (tertiary/aromatic N) is 2. The van der Waals surface area contributed by atoms with Crippen molar-refractivity contribution >= 4 is 59.8 Å². The zero-order chi connectivity index (χ0) is 54.6. The summed E-state index contributed by atoms with van der Waals surface area (Å²) in [6, 6.07) is 29.9. The fourth-order valence-electron chi connectivity index (χ4n) is 6.39. The number of carbonyl (C=O) groups excluding carboxylic acids is 8. The Morgan fingerprint density at radius 3 is 1.52 bits per heavy atom. The number of aliphatic carboxylic acids is 1. The number of nitrogens with two attached hydrogens (primary N) is 1. The van der Waals surface area contributed by atoms with E-state index in [-0.39, 0.29) is 45.8 Å². The Kier molecular flexibility index (Phi) is 24.2. The number of amides is 7. The largest absolute Gasteiger partial charge is 0.480 e. The summed E-state index contributed by atoms with van der Waals surface area (Å²) in [6.45, 7) is 2.03. The lowest BCUT2D eigenvalue weighted by Gasteiger charge is -2.22. The summed E-state index contributed by atoms with van der Waals surface area (Å²) in [5, 5.41) is 21.6. The van der Waals surface area contributed by atoms with Gasteiger partial charge in [-0.3, -0.25) is 29.0 Å². The minimum absolute atomic E-state index is 0.0196. The third-order valence-electron chi connectivity index (χ3n) is 10.1. The van der Waals surface area contributed by atoms with Crippen LogP contribution in [-0.4, -0.2) is 120 Å². The minimum atomic E-state index is -1.71. The Bertz CT molecular complexity index is 2490. The van der Waals surface area contributed by atoms with Crippen molar-refractivity contribution < 1.29 is 71.9 Å². The molecular weight excluding hydrogens is 977 g/mol. The van der Waals surface area contributed by atoms with Crippen LogP contribution in [-0.2, 0) is 78.9 Å². The molecule has 0 aliphatic carbocycles. The van der Waals surface area contributed by atoms with Gasteiger partial charge in [-0.05, 0) is 55.9 Å². The van der Waals surface area contributed by atoms with Gasteiger partial charge in [0.15, 0.2) is 6.04 Å². The average molecular weight is 1040 g/mol. The van der Waals surface area contributed by atoms with Gasteiger partial charge in [-0.2, -0.15) is 0 Å². The number of benzene rings is 4. The molecule has 0 radical (unpaired) electrons. The van der Waals surface area contributed by atoms with Crippen molar-refractivity contribution in [3.05, 3.63) is 144 Å². The second-order valence-corrected chi connectivity index (χ2v) is 17.4. The molecule has 4 aromatic carbocycles.